The summed E-state index contributed by atoms with van der Waals surface area (Å²) >= 11 is 0. The van der Waals surface area contributed by atoms with E-state index in [1.54, 1.807) is 23.3 Å². The fraction of sp³-hybridized carbons (Fsp3) is 0.364. The van der Waals surface area contributed by atoms with Gasteiger partial charge in [-0.1, -0.05) is 13.8 Å². The zero-order valence-corrected chi connectivity index (χ0v) is 10.1. The van der Waals surface area contributed by atoms with Gasteiger partial charge >= 0.3 is 6.03 Å². The van der Waals surface area contributed by atoms with Crippen LogP contribution in [0.25, 0.3) is 0 Å². The van der Waals surface area contributed by atoms with Crippen molar-refractivity contribution in [1.82, 2.24) is 19.3 Å². The summed E-state index contributed by atoms with van der Waals surface area (Å²) in [6, 6.07) is -0.239. The average molecular weight is 233 g/mol. The molecule has 0 fully saturated rings. The van der Waals surface area contributed by atoms with Gasteiger partial charge < -0.3 is 5.32 Å². The van der Waals surface area contributed by atoms with Gasteiger partial charge in [-0.2, -0.15) is 5.10 Å². The number of carbonyl (C=O) groups is 1. The molecule has 1 amide bonds. The molecule has 90 valence electrons. The van der Waals surface area contributed by atoms with Gasteiger partial charge in [0.15, 0.2) is 0 Å². The Balaban J connectivity index is 2.21. The number of nitrogens with one attached hydrogen (secondary N) is 1. The van der Waals surface area contributed by atoms with E-state index >= 15 is 0 Å². The maximum atomic E-state index is 11.8. The second-order valence-electron chi connectivity index (χ2n) is 4.16. The Labute approximate surface area is 99.3 Å². The fourth-order valence-electron chi connectivity index (χ4n) is 1.59. The smallest absolute Gasteiger partial charge is 0.304 e. The van der Waals surface area contributed by atoms with Crippen LogP contribution in [-0.4, -0.2) is 25.4 Å². The van der Waals surface area contributed by atoms with Crippen molar-refractivity contribution in [2.75, 3.05) is 5.32 Å². The number of carbonyl (C=O) groups excluding carboxylic acids is 1. The molecular weight excluding hydrogens is 218 g/mol. The Morgan fingerprint density at radius 2 is 2.24 bits per heavy atom. The van der Waals surface area contributed by atoms with Crippen molar-refractivity contribution in [2.45, 2.75) is 19.8 Å². The molecule has 6 nitrogen and oxygen atoms in total. The van der Waals surface area contributed by atoms with Crippen LogP contribution in [0.4, 0.5) is 10.5 Å². The monoisotopic (exact) mass is 233 g/mol. The molecule has 0 saturated carbocycles. The number of imidazole rings is 1. The number of anilines is 1. The summed E-state index contributed by atoms with van der Waals surface area (Å²) in [5.41, 5.74) is 1.61. The van der Waals surface area contributed by atoms with Crippen LogP contribution in [-0.2, 0) is 7.05 Å². The number of aromatic nitrogens is 4. The molecule has 0 aliphatic carbocycles. The Hall–Kier alpha value is -2.11. The molecule has 1 N–H and O–H groups in total. The van der Waals surface area contributed by atoms with Crippen LogP contribution in [0.3, 0.4) is 0 Å². The van der Waals surface area contributed by atoms with Crippen molar-refractivity contribution in [2.24, 2.45) is 7.05 Å². The molecule has 0 unspecified atom stereocenters. The summed E-state index contributed by atoms with van der Waals surface area (Å²) in [7, 11) is 1.83. The SMILES string of the molecule is CC(C)c1nn(C)cc1NC(=O)n1ccnc1. The van der Waals surface area contributed by atoms with Gasteiger partial charge in [-0.15, -0.1) is 0 Å². The number of nitrogens with zero attached hydrogens (tertiary/aromatic N) is 4. The summed E-state index contributed by atoms with van der Waals surface area (Å²) in [5, 5.41) is 7.14. The lowest BCUT2D eigenvalue weighted by Crippen LogP contribution is -2.18. The lowest BCUT2D eigenvalue weighted by molar-refractivity contribution is 0.253. The van der Waals surface area contributed by atoms with Crippen molar-refractivity contribution in [1.29, 1.82) is 0 Å². The van der Waals surface area contributed by atoms with Crippen LogP contribution in [0.15, 0.2) is 24.9 Å². The van der Waals surface area contributed by atoms with E-state index in [0.29, 0.717) is 0 Å². The molecule has 0 atom stereocenters. The first-order valence-corrected chi connectivity index (χ1v) is 5.40. The van der Waals surface area contributed by atoms with Crippen LogP contribution in [0.5, 0.6) is 0 Å². The number of amides is 1. The lowest BCUT2D eigenvalue weighted by atomic mass is 10.1. The van der Waals surface area contributed by atoms with Gasteiger partial charge in [0.25, 0.3) is 0 Å². The molecule has 0 bridgehead atoms. The summed E-state index contributed by atoms with van der Waals surface area (Å²) in [6.45, 7) is 4.07. The van der Waals surface area contributed by atoms with Crippen molar-refractivity contribution >= 4 is 11.7 Å². The molecule has 0 radical (unpaired) electrons. The van der Waals surface area contributed by atoms with Crippen LogP contribution in [0, 0.1) is 0 Å². The Bertz CT molecular complexity index is 512. The molecule has 6 heteroatoms. The van der Waals surface area contributed by atoms with Crippen molar-refractivity contribution in [3.05, 3.63) is 30.6 Å². The summed E-state index contributed by atoms with van der Waals surface area (Å²) < 4.78 is 3.08. The van der Waals surface area contributed by atoms with E-state index < -0.39 is 0 Å². The molecule has 0 saturated heterocycles. The predicted molar refractivity (Wildman–Crippen MR) is 63.9 cm³/mol. The third-order valence-electron chi connectivity index (χ3n) is 2.38. The highest BCUT2D eigenvalue weighted by molar-refractivity contribution is 5.91. The van der Waals surface area contributed by atoms with Crippen LogP contribution >= 0.6 is 0 Å². The van der Waals surface area contributed by atoms with E-state index in [1.165, 1.54) is 10.9 Å². The number of hydrogen-bond donors (Lipinski definition) is 1. The lowest BCUT2D eigenvalue weighted by Gasteiger charge is -2.06. The largest absolute Gasteiger partial charge is 0.331 e. The topological polar surface area (TPSA) is 64.7 Å². The first-order chi connectivity index (χ1) is 8.08. The minimum absolute atomic E-state index is 0.239. The molecule has 2 aromatic rings. The van der Waals surface area contributed by atoms with Crippen molar-refractivity contribution in [3.8, 4) is 0 Å². The van der Waals surface area contributed by atoms with Gasteiger partial charge in [0, 0.05) is 25.6 Å². The second kappa shape index (κ2) is 4.40. The zero-order valence-electron chi connectivity index (χ0n) is 10.1. The molecule has 0 aliphatic heterocycles. The van der Waals surface area contributed by atoms with Gasteiger partial charge in [-0.05, 0) is 5.92 Å². The highest BCUT2D eigenvalue weighted by Crippen LogP contribution is 2.22. The minimum atomic E-state index is -0.239. The molecule has 2 rings (SSSR count). The Kier molecular flexibility index (Phi) is 2.95. The molecule has 0 aromatic carbocycles. The van der Waals surface area contributed by atoms with Gasteiger partial charge in [-0.25, -0.2) is 9.78 Å². The van der Waals surface area contributed by atoms with Crippen molar-refractivity contribution < 1.29 is 4.79 Å². The molecular formula is C11H15N5O. The van der Waals surface area contributed by atoms with Gasteiger partial charge in [-0.3, -0.25) is 9.25 Å². The van der Waals surface area contributed by atoms with Gasteiger partial charge in [0.1, 0.15) is 6.33 Å². The van der Waals surface area contributed by atoms with Crippen LogP contribution < -0.4 is 5.32 Å². The fourth-order valence-corrected chi connectivity index (χ4v) is 1.59. The quantitative estimate of drug-likeness (QED) is 0.860. The second-order valence-corrected chi connectivity index (χ2v) is 4.16. The van der Waals surface area contributed by atoms with E-state index in [9.17, 15) is 4.79 Å². The average Bonchev–Trinajstić information content (AvgIpc) is 2.86. The highest BCUT2D eigenvalue weighted by atomic mass is 16.2. The molecule has 2 aromatic heterocycles. The Morgan fingerprint density at radius 3 is 2.82 bits per heavy atom. The molecule has 17 heavy (non-hydrogen) atoms. The van der Waals surface area contributed by atoms with E-state index in [2.05, 4.69) is 15.4 Å². The van der Waals surface area contributed by atoms with Crippen LogP contribution in [0.1, 0.15) is 25.5 Å². The van der Waals surface area contributed by atoms with E-state index in [4.69, 9.17) is 0 Å². The molecule has 0 aliphatic rings. The zero-order chi connectivity index (χ0) is 12.4. The maximum absolute atomic E-state index is 11.8. The van der Waals surface area contributed by atoms with Gasteiger partial charge in [0.05, 0.1) is 11.4 Å². The third-order valence-corrected chi connectivity index (χ3v) is 2.38. The van der Waals surface area contributed by atoms with Crippen LogP contribution in [0.2, 0.25) is 0 Å². The minimum Gasteiger partial charge on any atom is -0.304 e. The van der Waals surface area contributed by atoms with E-state index in [1.807, 2.05) is 20.9 Å². The molecule has 0 spiro atoms. The number of aryl methyl sites for hydroxylation is 1. The number of rotatable bonds is 2. The highest BCUT2D eigenvalue weighted by Gasteiger charge is 2.14. The van der Waals surface area contributed by atoms with Crippen molar-refractivity contribution in [3.63, 3.8) is 0 Å². The Morgan fingerprint density at radius 1 is 1.47 bits per heavy atom. The molecule has 2 heterocycles. The maximum Gasteiger partial charge on any atom is 0.331 e. The standard InChI is InChI=1S/C11H15N5O/c1-8(2)10-9(6-15(3)14-10)13-11(17)16-5-4-12-7-16/h4-8H,1-3H3,(H,13,17). The summed E-state index contributed by atoms with van der Waals surface area (Å²) in [4.78, 5) is 15.7. The third kappa shape index (κ3) is 2.35. The number of hydrogen-bond acceptors (Lipinski definition) is 3. The summed E-state index contributed by atoms with van der Waals surface area (Å²) in [6.07, 6.45) is 6.41. The van der Waals surface area contributed by atoms with E-state index in [-0.39, 0.29) is 11.9 Å². The first kappa shape index (κ1) is 11.4. The normalized spacial score (nSPS) is 10.8. The van der Waals surface area contributed by atoms with E-state index in [0.717, 1.165) is 11.4 Å². The predicted octanol–water partition coefficient (Wildman–Crippen LogP) is 1.82. The first-order valence-electron chi connectivity index (χ1n) is 5.40. The summed E-state index contributed by atoms with van der Waals surface area (Å²) in [5.74, 6) is 0.259. The van der Waals surface area contributed by atoms with Gasteiger partial charge in [0.2, 0.25) is 0 Å².